The molecule has 1 heterocycles. The minimum absolute atomic E-state index is 0.00281. The van der Waals surface area contributed by atoms with Crippen molar-refractivity contribution in [3.63, 3.8) is 0 Å². The van der Waals surface area contributed by atoms with E-state index < -0.39 is 11.9 Å². The standard InChI is InChI=1S/C23H22N2O4/c26-21(18-7-3-1-4-8-18)17-25-14-11-19(12-15-25)22(27)24-13-16-29-23(28)20-9-5-2-6-10-20/h1-12,14-15,19H,13,16-17H2,(H,24,27). The van der Waals surface area contributed by atoms with Crippen LogP contribution in [0.1, 0.15) is 20.7 Å². The quantitative estimate of drug-likeness (QED) is 0.426. The summed E-state index contributed by atoms with van der Waals surface area (Å²) in [7, 11) is 0. The van der Waals surface area contributed by atoms with E-state index >= 15 is 0 Å². The monoisotopic (exact) mass is 390 g/mol. The van der Waals surface area contributed by atoms with Crippen molar-refractivity contribution in [1.82, 2.24) is 10.2 Å². The number of esters is 1. The smallest absolute Gasteiger partial charge is 0.338 e. The van der Waals surface area contributed by atoms with Crippen LogP contribution in [0.3, 0.4) is 0 Å². The summed E-state index contributed by atoms with van der Waals surface area (Å²) >= 11 is 0. The van der Waals surface area contributed by atoms with Crippen LogP contribution in [0.2, 0.25) is 0 Å². The number of amides is 1. The van der Waals surface area contributed by atoms with Crippen molar-refractivity contribution in [2.45, 2.75) is 0 Å². The normalized spacial score (nSPS) is 13.2. The number of hydrogen-bond donors (Lipinski definition) is 1. The van der Waals surface area contributed by atoms with Gasteiger partial charge in [0, 0.05) is 18.0 Å². The predicted molar refractivity (Wildman–Crippen MR) is 109 cm³/mol. The van der Waals surface area contributed by atoms with E-state index in [0.717, 1.165) is 0 Å². The molecule has 0 aromatic heterocycles. The molecular weight excluding hydrogens is 368 g/mol. The molecule has 1 aliphatic rings. The Bertz CT molecular complexity index is 893. The molecule has 1 amide bonds. The number of carbonyl (C=O) groups excluding carboxylic acids is 3. The summed E-state index contributed by atoms with van der Waals surface area (Å²) in [6, 6.07) is 17.8. The first-order valence-electron chi connectivity index (χ1n) is 9.34. The molecule has 1 aliphatic heterocycles. The second kappa shape index (κ2) is 10.0. The molecule has 0 saturated carbocycles. The van der Waals surface area contributed by atoms with E-state index in [9.17, 15) is 14.4 Å². The lowest BCUT2D eigenvalue weighted by Crippen LogP contribution is -2.33. The number of nitrogens with zero attached hydrogens (tertiary/aromatic N) is 1. The maximum atomic E-state index is 12.2. The molecule has 6 nitrogen and oxygen atoms in total. The zero-order valence-corrected chi connectivity index (χ0v) is 15.9. The summed E-state index contributed by atoms with van der Waals surface area (Å²) < 4.78 is 5.13. The molecule has 148 valence electrons. The molecule has 2 aromatic carbocycles. The molecule has 0 unspecified atom stereocenters. The highest BCUT2D eigenvalue weighted by Gasteiger charge is 2.17. The minimum atomic E-state index is -0.428. The molecule has 0 bridgehead atoms. The Morgan fingerprint density at radius 3 is 2.07 bits per heavy atom. The van der Waals surface area contributed by atoms with Gasteiger partial charge in [0.15, 0.2) is 5.78 Å². The van der Waals surface area contributed by atoms with Crippen LogP contribution in [0.15, 0.2) is 85.2 Å². The van der Waals surface area contributed by atoms with E-state index in [1.807, 2.05) is 24.3 Å². The van der Waals surface area contributed by atoms with Crippen LogP contribution >= 0.6 is 0 Å². The van der Waals surface area contributed by atoms with Gasteiger partial charge in [-0.15, -0.1) is 0 Å². The molecule has 0 fully saturated rings. The van der Waals surface area contributed by atoms with Crippen molar-refractivity contribution in [2.75, 3.05) is 19.7 Å². The molecule has 6 heteroatoms. The number of ether oxygens (including phenoxy) is 1. The fourth-order valence-electron chi connectivity index (χ4n) is 2.78. The molecule has 29 heavy (non-hydrogen) atoms. The van der Waals surface area contributed by atoms with E-state index in [1.165, 1.54) is 0 Å². The van der Waals surface area contributed by atoms with E-state index in [2.05, 4.69) is 5.32 Å². The summed E-state index contributed by atoms with van der Waals surface area (Å²) in [5, 5.41) is 2.74. The fourth-order valence-corrected chi connectivity index (χ4v) is 2.78. The molecule has 0 radical (unpaired) electrons. The SMILES string of the molecule is O=C(CN1C=CC(C(=O)NCCOC(=O)c2ccccc2)C=C1)c1ccccc1. The van der Waals surface area contributed by atoms with Crippen molar-refractivity contribution in [2.24, 2.45) is 5.92 Å². The molecule has 0 saturated heterocycles. The third-order valence-corrected chi connectivity index (χ3v) is 4.34. The summed E-state index contributed by atoms with van der Waals surface area (Å²) in [5.74, 6) is -1.04. The molecule has 2 aromatic rings. The lowest BCUT2D eigenvalue weighted by molar-refractivity contribution is -0.122. The van der Waals surface area contributed by atoms with Crippen LogP contribution in [0, 0.1) is 5.92 Å². The molecular formula is C23H22N2O4. The maximum absolute atomic E-state index is 12.2. The van der Waals surface area contributed by atoms with Crippen LogP contribution in [0.25, 0.3) is 0 Å². The van der Waals surface area contributed by atoms with Crippen molar-refractivity contribution in [3.05, 3.63) is 96.3 Å². The molecule has 0 aliphatic carbocycles. The Labute approximate surface area is 169 Å². The van der Waals surface area contributed by atoms with E-state index in [1.54, 1.807) is 65.9 Å². The van der Waals surface area contributed by atoms with Gasteiger partial charge in [-0.05, 0) is 12.1 Å². The number of benzene rings is 2. The number of rotatable bonds is 8. The number of ketones is 1. The molecule has 0 atom stereocenters. The van der Waals surface area contributed by atoms with Crippen LogP contribution in [-0.2, 0) is 9.53 Å². The third kappa shape index (κ3) is 5.90. The van der Waals surface area contributed by atoms with Crippen LogP contribution in [-0.4, -0.2) is 42.3 Å². The second-order valence-electron chi connectivity index (χ2n) is 6.46. The van der Waals surface area contributed by atoms with E-state index in [0.29, 0.717) is 11.1 Å². The van der Waals surface area contributed by atoms with Crippen molar-refractivity contribution in [3.8, 4) is 0 Å². The third-order valence-electron chi connectivity index (χ3n) is 4.34. The Morgan fingerprint density at radius 2 is 1.45 bits per heavy atom. The highest BCUT2D eigenvalue weighted by Crippen LogP contribution is 2.12. The largest absolute Gasteiger partial charge is 0.460 e. The highest BCUT2D eigenvalue weighted by atomic mass is 16.5. The van der Waals surface area contributed by atoms with Gasteiger partial charge >= 0.3 is 5.97 Å². The number of hydrogen-bond acceptors (Lipinski definition) is 5. The van der Waals surface area contributed by atoms with Gasteiger partial charge in [-0.1, -0.05) is 60.7 Å². The first-order chi connectivity index (χ1) is 14.1. The second-order valence-corrected chi connectivity index (χ2v) is 6.46. The van der Waals surface area contributed by atoms with Gasteiger partial charge in [0.05, 0.1) is 24.6 Å². The zero-order valence-electron chi connectivity index (χ0n) is 15.9. The first-order valence-corrected chi connectivity index (χ1v) is 9.34. The van der Waals surface area contributed by atoms with Crippen LogP contribution in [0.4, 0.5) is 0 Å². The van der Waals surface area contributed by atoms with E-state index in [-0.39, 0.29) is 31.4 Å². The fraction of sp³-hybridized carbons (Fsp3) is 0.174. The van der Waals surface area contributed by atoms with Gasteiger partial charge in [-0.25, -0.2) is 4.79 Å². The van der Waals surface area contributed by atoms with Gasteiger partial charge in [-0.3, -0.25) is 9.59 Å². The van der Waals surface area contributed by atoms with Gasteiger partial charge in [-0.2, -0.15) is 0 Å². The Balaban J connectivity index is 1.38. The number of nitrogens with one attached hydrogen (secondary N) is 1. The Hall–Kier alpha value is -3.67. The first kappa shape index (κ1) is 20.1. The van der Waals surface area contributed by atoms with Gasteiger partial charge in [0.25, 0.3) is 0 Å². The summed E-state index contributed by atoms with van der Waals surface area (Å²) in [6.45, 7) is 0.532. The van der Waals surface area contributed by atoms with E-state index in [4.69, 9.17) is 4.74 Å². The van der Waals surface area contributed by atoms with Crippen LogP contribution in [0.5, 0.6) is 0 Å². The zero-order chi connectivity index (χ0) is 20.5. The summed E-state index contributed by atoms with van der Waals surface area (Å²) in [4.78, 5) is 38.0. The predicted octanol–water partition coefficient (Wildman–Crippen LogP) is 2.80. The van der Waals surface area contributed by atoms with Gasteiger partial charge in [0.1, 0.15) is 6.61 Å². The lowest BCUT2D eigenvalue weighted by Gasteiger charge is -2.20. The van der Waals surface area contributed by atoms with Crippen molar-refractivity contribution >= 4 is 17.7 Å². The molecule has 0 spiro atoms. The van der Waals surface area contributed by atoms with Crippen molar-refractivity contribution in [1.29, 1.82) is 0 Å². The minimum Gasteiger partial charge on any atom is -0.460 e. The topological polar surface area (TPSA) is 75.7 Å². The van der Waals surface area contributed by atoms with Crippen molar-refractivity contribution < 1.29 is 19.1 Å². The number of Topliss-reactive ketones (excluding diaryl/α,β-unsaturated/α-hetero) is 1. The molecule has 3 rings (SSSR count). The average Bonchev–Trinajstić information content (AvgIpc) is 2.78. The summed E-state index contributed by atoms with van der Waals surface area (Å²) in [6.07, 6.45) is 6.90. The Morgan fingerprint density at radius 1 is 0.862 bits per heavy atom. The number of carbonyl (C=O) groups is 3. The average molecular weight is 390 g/mol. The van der Waals surface area contributed by atoms with Crippen LogP contribution < -0.4 is 5.32 Å². The highest BCUT2D eigenvalue weighted by molar-refractivity contribution is 5.97. The lowest BCUT2D eigenvalue weighted by atomic mass is 10.1. The Kier molecular flexibility index (Phi) is 6.95. The maximum Gasteiger partial charge on any atom is 0.338 e. The summed E-state index contributed by atoms with van der Waals surface area (Å²) in [5.41, 5.74) is 1.13. The van der Waals surface area contributed by atoms with Gasteiger partial charge in [0.2, 0.25) is 5.91 Å². The molecule has 1 N–H and O–H groups in total. The van der Waals surface area contributed by atoms with Gasteiger partial charge < -0.3 is 15.0 Å².